The summed E-state index contributed by atoms with van der Waals surface area (Å²) in [6, 6.07) is 22.7. The first-order chi connectivity index (χ1) is 16.0. The number of hydrogen-bond acceptors (Lipinski definition) is 6. The molecule has 2 heterocycles. The Morgan fingerprint density at radius 1 is 1.03 bits per heavy atom. The highest BCUT2D eigenvalue weighted by Crippen LogP contribution is 2.28. The highest BCUT2D eigenvalue weighted by Gasteiger charge is 2.29. The van der Waals surface area contributed by atoms with Crippen LogP contribution in [0.25, 0.3) is 22.2 Å². The van der Waals surface area contributed by atoms with E-state index in [0.717, 1.165) is 47.4 Å². The third-order valence-electron chi connectivity index (χ3n) is 6.00. The highest BCUT2D eigenvalue weighted by atomic mass is 32.2. The minimum absolute atomic E-state index is 0.00795. The molecule has 5 rings (SSSR count). The summed E-state index contributed by atoms with van der Waals surface area (Å²) in [7, 11) is -2.01. The van der Waals surface area contributed by atoms with Gasteiger partial charge < -0.3 is 14.1 Å². The zero-order chi connectivity index (χ0) is 22.8. The van der Waals surface area contributed by atoms with Gasteiger partial charge in [0.25, 0.3) is 6.01 Å². The molecule has 1 unspecified atom stereocenters. The Morgan fingerprint density at radius 2 is 1.73 bits per heavy atom. The van der Waals surface area contributed by atoms with Gasteiger partial charge in [-0.25, -0.2) is 13.1 Å². The first-order valence-electron chi connectivity index (χ1n) is 10.9. The van der Waals surface area contributed by atoms with Crippen LogP contribution in [0.2, 0.25) is 0 Å². The molecule has 170 valence electrons. The maximum Gasteiger partial charge on any atom is 0.298 e. The number of benzene rings is 3. The van der Waals surface area contributed by atoms with E-state index < -0.39 is 10.0 Å². The predicted molar refractivity (Wildman–Crippen MR) is 128 cm³/mol. The van der Waals surface area contributed by atoms with Crippen LogP contribution in [-0.2, 0) is 10.0 Å². The number of hydrogen-bond donors (Lipinski definition) is 1. The SMILES string of the molecule is COc1ccc(-c2ccc(S(=O)(=O)NCC3CCCN3c3nc4ccccc4o3)cc2)cc1. The van der Waals surface area contributed by atoms with Gasteiger partial charge in [-0.3, -0.25) is 0 Å². The van der Waals surface area contributed by atoms with E-state index in [1.54, 1.807) is 19.2 Å². The number of fused-ring (bicyclic) bond motifs is 1. The summed E-state index contributed by atoms with van der Waals surface area (Å²) in [6.45, 7) is 1.08. The lowest BCUT2D eigenvalue weighted by Crippen LogP contribution is -2.40. The zero-order valence-corrected chi connectivity index (χ0v) is 19.1. The molecule has 0 amide bonds. The zero-order valence-electron chi connectivity index (χ0n) is 18.3. The monoisotopic (exact) mass is 463 g/mol. The molecule has 0 spiro atoms. The number of para-hydroxylation sites is 2. The number of nitrogens with zero attached hydrogens (tertiary/aromatic N) is 2. The van der Waals surface area contributed by atoms with E-state index in [0.29, 0.717) is 12.6 Å². The van der Waals surface area contributed by atoms with Crippen LogP contribution >= 0.6 is 0 Å². The van der Waals surface area contributed by atoms with Gasteiger partial charge in [0, 0.05) is 19.1 Å². The number of oxazole rings is 1. The number of ether oxygens (including phenoxy) is 1. The number of nitrogens with one attached hydrogen (secondary N) is 1. The first-order valence-corrected chi connectivity index (χ1v) is 12.4. The molecule has 1 N–H and O–H groups in total. The Morgan fingerprint density at radius 3 is 2.42 bits per heavy atom. The van der Waals surface area contributed by atoms with Gasteiger partial charge in [-0.15, -0.1) is 0 Å². The molecule has 1 aliphatic heterocycles. The average molecular weight is 464 g/mol. The van der Waals surface area contributed by atoms with Crippen molar-refractivity contribution in [2.75, 3.05) is 25.1 Å². The van der Waals surface area contributed by atoms with Crippen LogP contribution in [0, 0.1) is 0 Å². The fourth-order valence-corrected chi connectivity index (χ4v) is 5.25. The molecule has 1 fully saturated rings. The van der Waals surface area contributed by atoms with E-state index in [1.165, 1.54) is 0 Å². The summed E-state index contributed by atoms with van der Waals surface area (Å²) in [6.07, 6.45) is 1.83. The molecule has 1 saturated heterocycles. The molecule has 0 aliphatic carbocycles. The van der Waals surface area contributed by atoms with Crippen molar-refractivity contribution in [1.82, 2.24) is 9.71 Å². The lowest BCUT2D eigenvalue weighted by Gasteiger charge is -2.23. The molecule has 1 aliphatic rings. The lowest BCUT2D eigenvalue weighted by molar-refractivity contribution is 0.415. The smallest absolute Gasteiger partial charge is 0.298 e. The van der Waals surface area contributed by atoms with Crippen LogP contribution in [0.3, 0.4) is 0 Å². The molecular formula is C25H25N3O4S. The standard InChI is InChI=1S/C25H25N3O4S/c1-31-21-12-8-18(9-13-21)19-10-14-22(15-11-19)33(29,30)26-17-20-5-4-16-28(20)25-27-23-6-2-3-7-24(23)32-25/h2-3,6-15,20,26H,4-5,16-17H2,1H3. The summed E-state index contributed by atoms with van der Waals surface area (Å²) >= 11 is 0. The van der Waals surface area contributed by atoms with Gasteiger partial charge in [-0.1, -0.05) is 36.4 Å². The minimum atomic E-state index is -3.64. The second kappa shape index (κ2) is 8.88. The lowest BCUT2D eigenvalue weighted by atomic mass is 10.1. The van der Waals surface area contributed by atoms with Crippen molar-refractivity contribution in [3.63, 3.8) is 0 Å². The Balaban J connectivity index is 1.27. The number of anilines is 1. The van der Waals surface area contributed by atoms with Crippen molar-refractivity contribution in [3.8, 4) is 16.9 Å². The Labute approximate surface area is 193 Å². The maximum atomic E-state index is 12.9. The van der Waals surface area contributed by atoms with Crippen LogP contribution in [0.5, 0.6) is 5.75 Å². The Hall–Kier alpha value is -3.36. The molecule has 8 heteroatoms. The molecule has 1 aromatic heterocycles. The normalized spacial score (nSPS) is 16.4. The summed E-state index contributed by atoms with van der Waals surface area (Å²) in [5.41, 5.74) is 3.47. The van der Waals surface area contributed by atoms with Crippen molar-refractivity contribution in [2.45, 2.75) is 23.8 Å². The van der Waals surface area contributed by atoms with Crippen LogP contribution in [0.1, 0.15) is 12.8 Å². The van der Waals surface area contributed by atoms with Crippen molar-refractivity contribution < 1.29 is 17.6 Å². The molecule has 0 radical (unpaired) electrons. The van der Waals surface area contributed by atoms with E-state index in [-0.39, 0.29) is 10.9 Å². The van der Waals surface area contributed by atoms with E-state index in [9.17, 15) is 8.42 Å². The van der Waals surface area contributed by atoms with Gasteiger partial charge in [0.1, 0.15) is 11.3 Å². The Kier molecular flexibility index (Phi) is 5.78. The van der Waals surface area contributed by atoms with Gasteiger partial charge in [-0.05, 0) is 60.4 Å². The van der Waals surface area contributed by atoms with Gasteiger partial charge >= 0.3 is 0 Å². The molecule has 4 aromatic rings. The van der Waals surface area contributed by atoms with E-state index >= 15 is 0 Å². The number of rotatable bonds is 7. The van der Waals surface area contributed by atoms with Crippen LogP contribution in [0.15, 0.2) is 82.1 Å². The van der Waals surface area contributed by atoms with Gasteiger partial charge in [-0.2, -0.15) is 4.98 Å². The molecule has 0 bridgehead atoms. The van der Waals surface area contributed by atoms with Crippen LogP contribution in [0.4, 0.5) is 6.01 Å². The second-order valence-corrected chi connectivity index (χ2v) is 9.83. The predicted octanol–water partition coefficient (Wildman–Crippen LogP) is 4.45. The van der Waals surface area contributed by atoms with Crippen LogP contribution < -0.4 is 14.4 Å². The fourth-order valence-electron chi connectivity index (χ4n) is 4.18. The third-order valence-corrected chi connectivity index (χ3v) is 7.44. The van der Waals surface area contributed by atoms with E-state index in [4.69, 9.17) is 9.15 Å². The number of sulfonamides is 1. The van der Waals surface area contributed by atoms with Crippen molar-refractivity contribution in [3.05, 3.63) is 72.8 Å². The van der Waals surface area contributed by atoms with Crippen LogP contribution in [-0.4, -0.2) is 39.6 Å². The van der Waals surface area contributed by atoms with Crippen molar-refractivity contribution in [1.29, 1.82) is 0 Å². The minimum Gasteiger partial charge on any atom is -0.497 e. The maximum absolute atomic E-state index is 12.9. The fraction of sp³-hybridized carbons (Fsp3) is 0.240. The Bertz CT molecular complexity index is 1320. The summed E-state index contributed by atoms with van der Waals surface area (Å²) in [5, 5.41) is 0. The van der Waals surface area contributed by atoms with Crippen molar-refractivity contribution >= 4 is 27.1 Å². The largest absolute Gasteiger partial charge is 0.497 e. The van der Waals surface area contributed by atoms with Gasteiger partial charge in [0.15, 0.2) is 5.58 Å². The van der Waals surface area contributed by atoms with Gasteiger partial charge in [0.05, 0.1) is 12.0 Å². The molecular weight excluding hydrogens is 438 g/mol. The summed E-state index contributed by atoms with van der Waals surface area (Å²) in [5.74, 6) is 0.779. The molecule has 7 nitrogen and oxygen atoms in total. The van der Waals surface area contributed by atoms with E-state index in [1.807, 2.05) is 60.7 Å². The topological polar surface area (TPSA) is 84.7 Å². The number of methoxy groups -OCH3 is 1. The molecule has 3 aromatic carbocycles. The quantitative estimate of drug-likeness (QED) is 0.436. The third kappa shape index (κ3) is 4.44. The average Bonchev–Trinajstić information content (AvgIpc) is 3.49. The molecule has 0 saturated carbocycles. The molecule has 1 atom stereocenters. The van der Waals surface area contributed by atoms with Crippen molar-refractivity contribution in [2.24, 2.45) is 0 Å². The second-order valence-electron chi connectivity index (χ2n) is 8.06. The molecule has 33 heavy (non-hydrogen) atoms. The summed E-state index contributed by atoms with van der Waals surface area (Å²) < 4.78 is 39.7. The highest BCUT2D eigenvalue weighted by molar-refractivity contribution is 7.89. The van der Waals surface area contributed by atoms with Gasteiger partial charge in [0.2, 0.25) is 10.0 Å². The number of aromatic nitrogens is 1. The first kappa shape index (κ1) is 21.5. The summed E-state index contributed by atoms with van der Waals surface area (Å²) in [4.78, 5) is 6.86. The van der Waals surface area contributed by atoms with E-state index in [2.05, 4.69) is 14.6 Å².